The average molecular weight is 355 g/mol. The number of rotatable bonds is 6. The van der Waals surface area contributed by atoms with Gasteiger partial charge in [0.05, 0.1) is 13.2 Å². The van der Waals surface area contributed by atoms with E-state index in [2.05, 4.69) is 26.3 Å². The number of carbonyl (C=O) groups is 1. The summed E-state index contributed by atoms with van der Waals surface area (Å²) in [6.45, 7) is 2.47. The van der Waals surface area contributed by atoms with Crippen molar-refractivity contribution in [3.8, 4) is 5.75 Å². The maximum absolute atomic E-state index is 12.5. The van der Waals surface area contributed by atoms with E-state index < -0.39 is 0 Å². The van der Waals surface area contributed by atoms with Gasteiger partial charge in [0, 0.05) is 24.5 Å². The molecule has 1 aliphatic rings. The van der Waals surface area contributed by atoms with Crippen LogP contribution in [0.15, 0.2) is 36.7 Å². The zero-order valence-electron chi connectivity index (χ0n) is 15.0. The number of nitrogens with two attached hydrogens (primary N) is 1. The fraction of sp³-hybridized carbons (Fsp3) is 0.421. The van der Waals surface area contributed by atoms with Gasteiger partial charge >= 0.3 is 0 Å². The van der Waals surface area contributed by atoms with Crippen LogP contribution in [0.2, 0.25) is 0 Å². The summed E-state index contributed by atoms with van der Waals surface area (Å²) in [4.78, 5) is 22.9. The molecule has 1 aliphatic heterocycles. The molecule has 3 rings (SSSR count). The van der Waals surface area contributed by atoms with E-state index in [-0.39, 0.29) is 23.5 Å². The molecule has 1 fully saturated rings. The van der Waals surface area contributed by atoms with Crippen LogP contribution in [0.4, 0.5) is 5.82 Å². The number of aromatic nitrogens is 2. The molecule has 0 spiro atoms. The highest BCUT2D eigenvalue weighted by Crippen LogP contribution is 2.30. The van der Waals surface area contributed by atoms with Gasteiger partial charge in [0.2, 0.25) is 0 Å². The summed E-state index contributed by atoms with van der Waals surface area (Å²) in [5.41, 5.74) is 6.99. The molecule has 7 nitrogen and oxygen atoms in total. The van der Waals surface area contributed by atoms with Gasteiger partial charge in [0.15, 0.2) is 11.5 Å². The summed E-state index contributed by atoms with van der Waals surface area (Å²) < 4.78 is 5.55. The van der Waals surface area contributed by atoms with Gasteiger partial charge in [-0.1, -0.05) is 24.6 Å². The van der Waals surface area contributed by atoms with E-state index in [4.69, 9.17) is 10.5 Å². The number of carbonyl (C=O) groups excluding carboxylic acids is 1. The van der Waals surface area contributed by atoms with E-state index in [9.17, 15) is 4.79 Å². The minimum atomic E-state index is -0.312. The fourth-order valence-corrected chi connectivity index (χ4v) is 3.40. The molecule has 1 unspecified atom stereocenters. The van der Waals surface area contributed by atoms with Gasteiger partial charge in [0.25, 0.3) is 5.91 Å². The van der Waals surface area contributed by atoms with Gasteiger partial charge in [-0.2, -0.15) is 0 Å². The number of piperidine rings is 1. The van der Waals surface area contributed by atoms with Crippen LogP contribution in [0, 0.1) is 0 Å². The van der Waals surface area contributed by atoms with Gasteiger partial charge < -0.3 is 15.8 Å². The van der Waals surface area contributed by atoms with Gasteiger partial charge in [-0.15, -0.1) is 0 Å². The van der Waals surface area contributed by atoms with Crippen LogP contribution in [-0.2, 0) is 0 Å². The molecule has 1 atom stereocenters. The fourth-order valence-electron chi connectivity index (χ4n) is 3.40. The lowest BCUT2D eigenvalue weighted by molar-refractivity contribution is 0.0919. The first-order chi connectivity index (χ1) is 12.7. The van der Waals surface area contributed by atoms with E-state index in [1.807, 2.05) is 18.2 Å². The Hall–Kier alpha value is -2.67. The van der Waals surface area contributed by atoms with Crippen LogP contribution >= 0.6 is 0 Å². The van der Waals surface area contributed by atoms with E-state index in [0.717, 1.165) is 37.2 Å². The molecule has 7 heteroatoms. The Labute approximate surface area is 153 Å². The van der Waals surface area contributed by atoms with Crippen LogP contribution in [-0.4, -0.2) is 47.5 Å². The number of hydrogen-bond donors (Lipinski definition) is 2. The van der Waals surface area contributed by atoms with Crippen LogP contribution in [0.25, 0.3) is 0 Å². The van der Waals surface area contributed by atoms with Crippen LogP contribution in [0.5, 0.6) is 5.75 Å². The first-order valence-corrected chi connectivity index (χ1v) is 8.92. The summed E-state index contributed by atoms with van der Waals surface area (Å²) in [6, 6.07) is 8.00. The van der Waals surface area contributed by atoms with E-state index >= 15 is 0 Å². The van der Waals surface area contributed by atoms with Crippen molar-refractivity contribution in [2.45, 2.75) is 25.3 Å². The Morgan fingerprint density at radius 2 is 1.96 bits per heavy atom. The third-order valence-electron chi connectivity index (χ3n) is 4.73. The molecule has 1 aromatic carbocycles. The molecule has 26 heavy (non-hydrogen) atoms. The first kappa shape index (κ1) is 18.1. The van der Waals surface area contributed by atoms with E-state index in [1.54, 1.807) is 7.11 Å². The Morgan fingerprint density at radius 3 is 2.69 bits per heavy atom. The lowest BCUT2D eigenvalue weighted by Gasteiger charge is -2.35. The topological polar surface area (TPSA) is 93.4 Å². The molecule has 0 saturated carbocycles. The highest BCUT2D eigenvalue weighted by molar-refractivity contribution is 5.96. The van der Waals surface area contributed by atoms with Crippen molar-refractivity contribution in [2.75, 3.05) is 32.5 Å². The molecule has 2 heterocycles. The second-order valence-corrected chi connectivity index (χ2v) is 6.35. The highest BCUT2D eigenvalue weighted by Gasteiger charge is 2.26. The Bertz CT molecular complexity index is 746. The number of nitrogens with zero attached hydrogens (tertiary/aromatic N) is 3. The van der Waals surface area contributed by atoms with E-state index in [0.29, 0.717) is 6.54 Å². The lowest BCUT2D eigenvalue weighted by atomic mass is 10.0. The van der Waals surface area contributed by atoms with Crippen molar-refractivity contribution in [3.05, 3.63) is 47.9 Å². The number of likely N-dealkylation sites (tertiary alicyclic amines) is 1. The molecule has 1 amide bonds. The molecular formula is C19H25N5O2. The predicted octanol–water partition coefficient (Wildman–Crippen LogP) is 2.02. The predicted molar refractivity (Wildman–Crippen MR) is 99.9 cm³/mol. The maximum Gasteiger partial charge on any atom is 0.273 e. The smallest absolute Gasteiger partial charge is 0.273 e. The summed E-state index contributed by atoms with van der Waals surface area (Å²) in [5, 5.41) is 2.97. The van der Waals surface area contributed by atoms with Crippen LogP contribution in [0.1, 0.15) is 41.4 Å². The summed E-state index contributed by atoms with van der Waals surface area (Å²) in [6.07, 6.45) is 6.51. The molecule has 1 aromatic heterocycles. The van der Waals surface area contributed by atoms with Gasteiger partial charge in [-0.3, -0.25) is 9.69 Å². The minimum Gasteiger partial charge on any atom is -0.496 e. The standard InChI is InChI=1S/C19H25N5O2/c1-26-16-8-4-3-7-14(16)15(24-11-5-2-6-12-24)13-23-19(25)17-18(20)22-10-9-21-17/h3-4,7-10,15H,2,5-6,11-13H2,1H3,(H2,20,22)(H,23,25). The number of nitrogen functional groups attached to an aromatic ring is 1. The third-order valence-corrected chi connectivity index (χ3v) is 4.73. The van der Waals surface area contributed by atoms with Crippen molar-refractivity contribution in [1.29, 1.82) is 0 Å². The zero-order chi connectivity index (χ0) is 18.4. The molecule has 0 aliphatic carbocycles. The summed E-state index contributed by atoms with van der Waals surface area (Å²) in [5.74, 6) is 0.653. The van der Waals surface area contributed by atoms with Gasteiger partial charge in [-0.25, -0.2) is 9.97 Å². The third kappa shape index (κ3) is 4.11. The number of ether oxygens (including phenoxy) is 1. The van der Waals surface area contributed by atoms with Crippen LogP contribution < -0.4 is 15.8 Å². The summed E-state index contributed by atoms with van der Waals surface area (Å²) in [7, 11) is 1.67. The molecule has 3 N–H and O–H groups in total. The van der Waals surface area contributed by atoms with Gasteiger partial charge in [-0.05, 0) is 32.0 Å². The SMILES string of the molecule is COc1ccccc1C(CNC(=O)c1nccnc1N)N1CCCCC1. The maximum atomic E-state index is 12.5. The second kappa shape index (κ2) is 8.62. The number of anilines is 1. The monoisotopic (exact) mass is 355 g/mol. The molecule has 1 saturated heterocycles. The van der Waals surface area contributed by atoms with Crippen molar-refractivity contribution in [2.24, 2.45) is 0 Å². The number of benzene rings is 1. The number of amides is 1. The number of methoxy groups -OCH3 is 1. The van der Waals surface area contributed by atoms with Crippen molar-refractivity contribution in [1.82, 2.24) is 20.2 Å². The second-order valence-electron chi connectivity index (χ2n) is 6.35. The highest BCUT2D eigenvalue weighted by atomic mass is 16.5. The quantitative estimate of drug-likeness (QED) is 0.823. The summed E-state index contributed by atoms with van der Waals surface area (Å²) >= 11 is 0. The van der Waals surface area contributed by atoms with Crippen molar-refractivity contribution < 1.29 is 9.53 Å². The average Bonchev–Trinajstić information content (AvgIpc) is 2.69. The Kier molecular flexibility index (Phi) is 6.01. The molecule has 2 aromatic rings. The molecule has 0 radical (unpaired) electrons. The minimum absolute atomic E-state index is 0.0355. The zero-order valence-corrected chi connectivity index (χ0v) is 15.0. The first-order valence-electron chi connectivity index (χ1n) is 8.92. The van der Waals surface area contributed by atoms with Crippen LogP contribution in [0.3, 0.4) is 0 Å². The number of para-hydroxylation sites is 1. The Morgan fingerprint density at radius 1 is 1.23 bits per heavy atom. The van der Waals surface area contributed by atoms with Crippen molar-refractivity contribution >= 4 is 11.7 Å². The molecular weight excluding hydrogens is 330 g/mol. The number of hydrogen-bond acceptors (Lipinski definition) is 6. The molecule has 138 valence electrons. The number of nitrogens with one attached hydrogen (secondary N) is 1. The normalized spacial score (nSPS) is 16.0. The van der Waals surface area contributed by atoms with E-state index in [1.165, 1.54) is 18.8 Å². The van der Waals surface area contributed by atoms with Gasteiger partial charge in [0.1, 0.15) is 5.75 Å². The van der Waals surface area contributed by atoms with Crippen molar-refractivity contribution in [3.63, 3.8) is 0 Å². The Balaban J connectivity index is 1.80. The largest absolute Gasteiger partial charge is 0.496 e. The molecule has 0 bridgehead atoms. The lowest BCUT2D eigenvalue weighted by Crippen LogP contribution is -2.41.